The molecule has 0 spiro atoms. The smallest absolute Gasteiger partial charge is 0.414 e. The van der Waals surface area contributed by atoms with Crippen molar-refractivity contribution in [3.8, 4) is 0 Å². The molecule has 1 aliphatic heterocycles. The fraction of sp³-hybridized carbons (Fsp3) is 0.462. The molecule has 98 valence electrons. The number of amides is 1. The Morgan fingerprint density at radius 3 is 2.83 bits per heavy atom. The van der Waals surface area contributed by atoms with Gasteiger partial charge in [-0.1, -0.05) is 6.07 Å². The summed E-state index contributed by atoms with van der Waals surface area (Å²) in [4.78, 5) is 15.0. The van der Waals surface area contributed by atoms with E-state index in [1.54, 1.807) is 16.7 Å². The molecule has 0 aromatic heterocycles. The number of hydrogen-bond acceptors (Lipinski definition) is 3. The first-order valence-corrected chi connectivity index (χ1v) is 7.58. The zero-order valence-electron chi connectivity index (χ0n) is 10.7. The van der Waals surface area contributed by atoms with E-state index in [1.165, 1.54) is 0 Å². The van der Waals surface area contributed by atoms with Gasteiger partial charge in [-0.05, 0) is 48.8 Å². The van der Waals surface area contributed by atoms with Gasteiger partial charge < -0.3 is 4.74 Å². The molecular weight excluding hydrogens is 314 g/mol. The lowest BCUT2D eigenvalue weighted by Gasteiger charge is -2.32. The monoisotopic (exact) mass is 329 g/mol. The Morgan fingerprint density at radius 1 is 1.44 bits per heavy atom. The minimum Gasteiger partial charge on any atom is -0.443 e. The quantitative estimate of drug-likeness (QED) is 0.710. The molecule has 3 nitrogen and oxygen atoms in total. The van der Waals surface area contributed by atoms with Gasteiger partial charge in [0.15, 0.2) is 0 Å². The standard InChI is InChI=1S/C13H16BrNO2S/c1-13(2,3)17-12(16)15-7-8-18-10-6-4-5-9(14)11(10)15/h4-6H,7-8H2,1-3H3. The number of fused-ring (bicyclic) bond motifs is 1. The number of nitrogens with zero attached hydrogens (tertiary/aromatic N) is 1. The number of ether oxygens (including phenoxy) is 1. The second kappa shape index (κ2) is 5.13. The largest absolute Gasteiger partial charge is 0.443 e. The number of carbonyl (C=O) groups is 1. The van der Waals surface area contributed by atoms with Crippen molar-refractivity contribution >= 4 is 39.5 Å². The Labute approximate surface area is 120 Å². The van der Waals surface area contributed by atoms with E-state index >= 15 is 0 Å². The van der Waals surface area contributed by atoms with Crippen LogP contribution >= 0.6 is 27.7 Å². The zero-order valence-corrected chi connectivity index (χ0v) is 13.1. The summed E-state index contributed by atoms with van der Waals surface area (Å²) in [6, 6.07) is 5.96. The highest BCUT2D eigenvalue weighted by Crippen LogP contribution is 2.40. The van der Waals surface area contributed by atoms with Crippen molar-refractivity contribution in [3.05, 3.63) is 22.7 Å². The molecule has 0 aliphatic carbocycles. The van der Waals surface area contributed by atoms with Crippen LogP contribution in [0.25, 0.3) is 0 Å². The Morgan fingerprint density at radius 2 is 2.17 bits per heavy atom. The van der Waals surface area contributed by atoms with Gasteiger partial charge in [-0.2, -0.15) is 0 Å². The van der Waals surface area contributed by atoms with Crippen LogP contribution in [0.15, 0.2) is 27.6 Å². The summed E-state index contributed by atoms with van der Waals surface area (Å²) >= 11 is 5.27. The lowest BCUT2D eigenvalue weighted by atomic mass is 10.2. The molecule has 0 saturated heterocycles. The van der Waals surface area contributed by atoms with Gasteiger partial charge in [0.1, 0.15) is 5.60 Å². The van der Waals surface area contributed by atoms with Crippen LogP contribution in [0.2, 0.25) is 0 Å². The van der Waals surface area contributed by atoms with Crippen LogP contribution in [0.5, 0.6) is 0 Å². The summed E-state index contributed by atoms with van der Waals surface area (Å²) in [6.45, 7) is 6.31. The van der Waals surface area contributed by atoms with Gasteiger partial charge >= 0.3 is 6.09 Å². The van der Waals surface area contributed by atoms with Gasteiger partial charge in [-0.3, -0.25) is 4.90 Å². The minimum absolute atomic E-state index is 0.282. The molecule has 5 heteroatoms. The maximum absolute atomic E-state index is 12.2. The number of benzene rings is 1. The van der Waals surface area contributed by atoms with Crippen molar-refractivity contribution in [3.63, 3.8) is 0 Å². The second-order valence-electron chi connectivity index (χ2n) is 5.07. The molecule has 0 fully saturated rings. The number of rotatable bonds is 0. The molecule has 1 aromatic rings. The summed E-state index contributed by atoms with van der Waals surface area (Å²) in [5.74, 6) is 0.892. The van der Waals surface area contributed by atoms with Gasteiger partial charge in [-0.15, -0.1) is 11.8 Å². The molecule has 0 saturated carbocycles. The Bertz CT molecular complexity index is 471. The fourth-order valence-electron chi connectivity index (χ4n) is 1.73. The topological polar surface area (TPSA) is 29.5 Å². The summed E-state index contributed by atoms with van der Waals surface area (Å²) in [5.41, 5.74) is 0.450. The van der Waals surface area contributed by atoms with E-state index in [0.717, 1.165) is 20.8 Å². The van der Waals surface area contributed by atoms with Gasteiger partial charge in [0.2, 0.25) is 0 Å². The summed E-state index contributed by atoms with van der Waals surface area (Å²) in [6.07, 6.45) is -0.282. The predicted octanol–water partition coefficient (Wildman–Crippen LogP) is 4.30. The molecule has 18 heavy (non-hydrogen) atoms. The molecule has 0 atom stereocenters. The average Bonchev–Trinajstić information content (AvgIpc) is 2.26. The maximum Gasteiger partial charge on any atom is 0.414 e. The number of halogens is 1. The third-order valence-corrected chi connectivity index (χ3v) is 4.07. The van der Waals surface area contributed by atoms with Crippen molar-refractivity contribution in [1.82, 2.24) is 0 Å². The van der Waals surface area contributed by atoms with Crippen LogP contribution in [-0.4, -0.2) is 24.0 Å². The molecular formula is C13H16BrNO2S. The number of hydrogen-bond donors (Lipinski definition) is 0. The maximum atomic E-state index is 12.2. The number of para-hydroxylation sites is 1. The number of carbonyl (C=O) groups excluding carboxylic acids is 1. The lowest BCUT2D eigenvalue weighted by molar-refractivity contribution is 0.0581. The van der Waals surface area contributed by atoms with Crippen LogP contribution < -0.4 is 4.90 Å². The third kappa shape index (κ3) is 3.01. The Kier molecular flexibility index (Phi) is 3.92. The van der Waals surface area contributed by atoms with E-state index in [9.17, 15) is 4.79 Å². The normalized spacial score (nSPS) is 15.2. The summed E-state index contributed by atoms with van der Waals surface area (Å²) in [7, 11) is 0. The summed E-state index contributed by atoms with van der Waals surface area (Å²) in [5, 5.41) is 0. The molecule has 1 heterocycles. The average molecular weight is 330 g/mol. The van der Waals surface area contributed by atoms with Gasteiger partial charge in [0, 0.05) is 21.7 Å². The van der Waals surface area contributed by atoms with E-state index in [4.69, 9.17) is 4.74 Å². The van der Waals surface area contributed by atoms with Crippen LogP contribution in [0.4, 0.5) is 10.5 Å². The van der Waals surface area contributed by atoms with Gasteiger partial charge in [-0.25, -0.2) is 4.79 Å². The molecule has 1 aliphatic rings. The van der Waals surface area contributed by atoms with Crippen LogP contribution in [0.3, 0.4) is 0 Å². The Hall–Kier alpha value is -0.680. The first-order chi connectivity index (χ1) is 8.38. The summed E-state index contributed by atoms with van der Waals surface area (Å²) < 4.78 is 6.37. The van der Waals surface area contributed by atoms with Crippen LogP contribution in [0, 0.1) is 0 Å². The van der Waals surface area contributed by atoms with E-state index < -0.39 is 5.60 Å². The molecule has 1 aromatic carbocycles. The van der Waals surface area contributed by atoms with Crippen LogP contribution in [0.1, 0.15) is 20.8 Å². The molecule has 1 amide bonds. The zero-order chi connectivity index (χ0) is 13.3. The van der Waals surface area contributed by atoms with Gasteiger partial charge in [0.25, 0.3) is 0 Å². The van der Waals surface area contributed by atoms with Crippen molar-refractivity contribution in [1.29, 1.82) is 0 Å². The van der Waals surface area contributed by atoms with Gasteiger partial charge in [0.05, 0.1) is 5.69 Å². The van der Waals surface area contributed by atoms with Crippen molar-refractivity contribution in [2.75, 3.05) is 17.2 Å². The van der Waals surface area contributed by atoms with E-state index in [-0.39, 0.29) is 6.09 Å². The fourth-order valence-corrected chi connectivity index (χ4v) is 3.47. The van der Waals surface area contributed by atoms with E-state index in [0.29, 0.717) is 6.54 Å². The highest BCUT2D eigenvalue weighted by molar-refractivity contribution is 9.10. The van der Waals surface area contributed by atoms with Crippen LogP contribution in [-0.2, 0) is 4.74 Å². The Balaban J connectivity index is 2.30. The molecule has 2 rings (SSSR count). The number of thioether (sulfide) groups is 1. The number of anilines is 1. The lowest BCUT2D eigenvalue weighted by Crippen LogP contribution is -2.40. The highest BCUT2D eigenvalue weighted by Gasteiger charge is 2.28. The SMILES string of the molecule is CC(C)(C)OC(=O)N1CCSc2cccc(Br)c21. The molecule has 0 N–H and O–H groups in total. The third-order valence-electron chi connectivity index (χ3n) is 2.41. The second-order valence-corrected chi connectivity index (χ2v) is 7.06. The first-order valence-electron chi connectivity index (χ1n) is 5.80. The van der Waals surface area contributed by atoms with E-state index in [2.05, 4.69) is 15.9 Å². The van der Waals surface area contributed by atoms with Crippen molar-refractivity contribution in [2.45, 2.75) is 31.3 Å². The molecule has 0 unspecified atom stereocenters. The van der Waals surface area contributed by atoms with E-state index in [1.807, 2.05) is 39.0 Å². The van der Waals surface area contributed by atoms with Crippen molar-refractivity contribution in [2.24, 2.45) is 0 Å². The molecule has 0 radical (unpaired) electrons. The molecule has 0 bridgehead atoms. The minimum atomic E-state index is -0.469. The predicted molar refractivity (Wildman–Crippen MR) is 78.4 cm³/mol. The first kappa shape index (κ1) is 13.7. The highest BCUT2D eigenvalue weighted by atomic mass is 79.9. The van der Waals surface area contributed by atoms with Crippen molar-refractivity contribution < 1.29 is 9.53 Å².